The maximum atomic E-state index is 10.1. The highest BCUT2D eigenvalue weighted by molar-refractivity contribution is 5.35. The second kappa shape index (κ2) is 4.28. The smallest absolute Gasteiger partial charge is 0.221 e. The Labute approximate surface area is 85.7 Å². The van der Waals surface area contributed by atoms with Gasteiger partial charge in [-0.05, 0) is 17.3 Å². The average molecular weight is 201 g/mol. The molecule has 0 radical (unpaired) electrons. The van der Waals surface area contributed by atoms with Gasteiger partial charge < -0.3 is 4.74 Å². The molecule has 0 N–H and O–H groups in total. The minimum Gasteiger partial charge on any atom is -0.421 e. The number of hydrogen-bond acceptors (Lipinski definition) is 5. The van der Waals surface area contributed by atoms with Crippen molar-refractivity contribution in [1.29, 1.82) is 0 Å². The number of nitroso groups, excluding NO2 is 1. The second-order valence-electron chi connectivity index (χ2n) is 2.72. The van der Waals surface area contributed by atoms with E-state index in [9.17, 15) is 4.91 Å². The summed E-state index contributed by atoms with van der Waals surface area (Å²) in [6, 6.07) is 8.40. The number of nitrogens with zero attached hydrogens (tertiary/aromatic N) is 3. The van der Waals surface area contributed by atoms with Crippen LogP contribution in [0.3, 0.4) is 0 Å². The van der Waals surface area contributed by atoms with Gasteiger partial charge in [-0.25, -0.2) is 9.97 Å². The van der Waals surface area contributed by atoms with Crippen LogP contribution >= 0.6 is 0 Å². The molecule has 2 heterocycles. The van der Waals surface area contributed by atoms with Crippen molar-refractivity contribution < 1.29 is 4.74 Å². The number of pyridine rings is 2. The molecule has 0 spiro atoms. The first-order valence-electron chi connectivity index (χ1n) is 4.27. The molecule has 0 fully saturated rings. The summed E-state index contributed by atoms with van der Waals surface area (Å²) in [6.45, 7) is 0. The van der Waals surface area contributed by atoms with Crippen molar-refractivity contribution in [3.05, 3.63) is 47.6 Å². The topological polar surface area (TPSA) is 64.4 Å². The normalized spacial score (nSPS) is 9.60. The van der Waals surface area contributed by atoms with Crippen LogP contribution in [-0.2, 0) is 0 Å². The molecular weight excluding hydrogens is 194 g/mol. The Morgan fingerprint density at radius 2 is 1.93 bits per heavy atom. The quantitative estimate of drug-likeness (QED) is 0.716. The lowest BCUT2D eigenvalue weighted by Crippen LogP contribution is -1.88. The average Bonchev–Trinajstić information content (AvgIpc) is 2.31. The molecule has 2 aromatic heterocycles. The molecule has 0 saturated heterocycles. The van der Waals surface area contributed by atoms with Gasteiger partial charge in [0.05, 0.1) is 6.20 Å². The molecule has 0 amide bonds. The van der Waals surface area contributed by atoms with Gasteiger partial charge in [-0.2, -0.15) is 0 Å². The van der Waals surface area contributed by atoms with Crippen LogP contribution in [-0.4, -0.2) is 9.97 Å². The van der Waals surface area contributed by atoms with E-state index in [2.05, 4.69) is 15.1 Å². The van der Waals surface area contributed by atoms with Crippen molar-refractivity contribution in [2.45, 2.75) is 0 Å². The van der Waals surface area contributed by atoms with Gasteiger partial charge in [0.25, 0.3) is 0 Å². The number of aromatic nitrogens is 2. The zero-order valence-corrected chi connectivity index (χ0v) is 7.70. The largest absolute Gasteiger partial charge is 0.421 e. The van der Waals surface area contributed by atoms with Gasteiger partial charge in [0, 0.05) is 18.3 Å². The Morgan fingerprint density at radius 3 is 2.53 bits per heavy atom. The van der Waals surface area contributed by atoms with Gasteiger partial charge >= 0.3 is 0 Å². The van der Waals surface area contributed by atoms with Crippen molar-refractivity contribution in [3.63, 3.8) is 0 Å². The highest BCUT2D eigenvalue weighted by Gasteiger charge is 1.99. The van der Waals surface area contributed by atoms with Crippen LogP contribution < -0.4 is 4.74 Å². The van der Waals surface area contributed by atoms with Crippen LogP contribution in [0.4, 0.5) is 5.69 Å². The number of rotatable bonds is 3. The molecule has 74 valence electrons. The molecule has 5 heteroatoms. The molecule has 15 heavy (non-hydrogen) atoms. The standard InChI is InChI=1S/C10H7N3O2/c14-13-8-4-5-10(12-7-8)15-9-3-1-2-6-11-9/h1-7H. The Morgan fingerprint density at radius 1 is 1.07 bits per heavy atom. The number of ether oxygens (including phenoxy) is 1. The third-order valence-electron chi connectivity index (χ3n) is 1.67. The third-order valence-corrected chi connectivity index (χ3v) is 1.67. The van der Waals surface area contributed by atoms with E-state index in [1.165, 1.54) is 12.3 Å². The van der Waals surface area contributed by atoms with Crippen molar-refractivity contribution in [3.8, 4) is 11.8 Å². The fraction of sp³-hybridized carbons (Fsp3) is 0. The summed E-state index contributed by atoms with van der Waals surface area (Å²) in [4.78, 5) is 18.0. The van der Waals surface area contributed by atoms with E-state index in [1.807, 2.05) is 6.07 Å². The molecule has 0 aliphatic rings. The molecule has 5 nitrogen and oxygen atoms in total. The Hall–Kier alpha value is -2.30. The summed E-state index contributed by atoms with van der Waals surface area (Å²) >= 11 is 0. The minimum atomic E-state index is 0.267. The van der Waals surface area contributed by atoms with Crippen molar-refractivity contribution in [2.75, 3.05) is 0 Å². The van der Waals surface area contributed by atoms with Crippen LogP contribution in [0.25, 0.3) is 0 Å². The summed E-state index contributed by atoms with van der Waals surface area (Å²) in [5, 5.41) is 2.74. The SMILES string of the molecule is O=Nc1ccc(Oc2ccccn2)nc1. The predicted molar refractivity (Wildman–Crippen MR) is 54.0 cm³/mol. The Balaban J connectivity index is 2.15. The minimum absolute atomic E-state index is 0.267. The maximum Gasteiger partial charge on any atom is 0.221 e. The van der Waals surface area contributed by atoms with Crippen LogP contribution in [0.1, 0.15) is 0 Å². The monoisotopic (exact) mass is 201 g/mol. The van der Waals surface area contributed by atoms with Gasteiger partial charge in [0.1, 0.15) is 5.69 Å². The zero-order chi connectivity index (χ0) is 10.5. The summed E-state index contributed by atoms with van der Waals surface area (Å²) in [6.07, 6.45) is 2.96. The first-order valence-corrected chi connectivity index (χ1v) is 4.27. The lowest BCUT2D eigenvalue weighted by Gasteiger charge is -2.01. The lowest BCUT2D eigenvalue weighted by atomic mass is 10.4. The zero-order valence-electron chi connectivity index (χ0n) is 7.70. The highest BCUT2D eigenvalue weighted by Crippen LogP contribution is 2.18. The fourth-order valence-corrected chi connectivity index (χ4v) is 1.00. The van der Waals surface area contributed by atoms with E-state index in [1.54, 1.807) is 24.4 Å². The van der Waals surface area contributed by atoms with Crippen molar-refractivity contribution in [1.82, 2.24) is 9.97 Å². The van der Waals surface area contributed by atoms with Crippen molar-refractivity contribution >= 4 is 5.69 Å². The molecule has 2 aromatic rings. The van der Waals surface area contributed by atoms with Crippen molar-refractivity contribution in [2.24, 2.45) is 5.18 Å². The fourth-order valence-electron chi connectivity index (χ4n) is 1.00. The molecule has 2 rings (SSSR count). The molecule has 0 aromatic carbocycles. The van der Waals surface area contributed by atoms with Crippen LogP contribution in [0.2, 0.25) is 0 Å². The molecule has 0 unspecified atom stereocenters. The molecule has 0 aliphatic carbocycles. The van der Waals surface area contributed by atoms with E-state index in [0.29, 0.717) is 11.8 Å². The first-order chi connectivity index (χ1) is 7.38. The van der Waals surface area contributed by atoms with E-state index in [-0.39, 0.29) is 5.69 Å². The van der Waals surface area contributed by atoms with Gasteiger partial charge in [-0.3, -0.25) is 0 Å². The molecule has 0 saturated carbocycles. The summed E-state index contributed by atoms with van der Waals surface area (Å²) < 4.78 is 5.31. The van der Waals surface area contributed by atoms with Gasteiger partial charge in [0.15, 0.2) is 0 Å². The van der Waals surface area contributed by atoms with E-state index in [4.69, 9.17) is 4.74 Å². The van der Waals surface area contributed by atoms with Crippen LogP contribution in [0.5, 0.6) is 11.8 Å². The second-order valence-corrected chi connectivity index (χ2v) is 2.72. The van der Waals surface area contributed by atoms with Gasteiger partial charge in [-0.1, -0.05) is 6.07 Å². The molecular formula is C10H7N3O2. The maximum absolute atomic E-state index is 10.1. The van der Waals surface area contributed by atoms with Gasteiger partial charge in [0.2, 0.25) is 11.8 Å². The van der Waals surface area contributed by atoms with E-state index in [0.717, 1.165) is 0 Å². The summed E-state index contributed by atoms with van der Waals surface area (Å²) in [7, 11) is 0. The van der Waals surface area contributed by atoms with Crippen LogP contribution in [0.15, 0.2) is 47.9 Å². The number of hydrogen-bond donors (Lipinski definition) is 0. The Bertz CT molecular complexity index is 442. The highest BCUT2D eigenvalue weighted by atomic mass is 16.5. The first kappa shape index (κ1) is 9.26. The van der Waals surface area contributed by atoms with Gasteiger partial charge in [-0.15, -0.1) is 4.91 Å². The Kier molecular flexibility index (Phi) is 2.64. The summed E-state index contributed by atoms with van der Waals surface area (Å²) in [5.74, 6) is 0.831. The predicted octanol–water partition coefficient (Wildman–Crippen LogP) is 2.67. The molecule has 0 bridgehead atoms. The third kappa shape index (κ3) is 2.34. The molecule has 0 aliphatic heterocycles. The molecule has 0 atom stereocenters. The lowest BCUT2D eigenvalue weighted by molar-refractivity contribution is 0.445. The van der Waals surface area contributed by atoms with E-state index < -0.39 is 0 Å². The van der Waals surface area contributed by atoms with E-state index >= 15 is 0 Å². The van der Waals surface area contributed by atoms with Crippen LogP contribution in [0, 0.1) is 4.91 Å². The summed E-state index contributed by atoms with van der Waals surface area (Å²) in [5.41, 5.74) is 0.267.